The molecule has 0 aromatic carbocycles. The zero-order valence-electron chi connectivity index (χ0n) is 32.7. The highest BCUT2D eigenvalue weighted by molar-refractivity contribution is 5.70. The number of unbranched alkanes of at least 4 members (excludes halogenated alkanes) is 27. The first-order valence-electron chi connectivity index (χ1n) is 21.4. The van der Waals surface area contributed by atoms with Crippen molar-refractivity contribution in [2.24, 2.45) is 0 Å². The predicted octanol–water partition coefficient (Wildman–Crippen LogP) is 13.5. The maximum absolute atomic E-state index is 12.2. The zero-order valence-corrected chi connectivity index (χ0v) is 32.7. The number of hydrogen-bond acceptors (Lipinski definition) is 5. The van der Waals surface area contributed by atoms with Gasteiger partial charge >= 0.3 is 11.9 Å². The monoisotopic (exact) mass is 691 g/mol. The molecule has 0 unspecified atom stereocenters. The van der Waals surface area contributed by atoms with Crippen LogP contribution in [-0.2, 0) is 19.1 Å². The molecular weight excluding hydrogens is 608 g/mol. The average Bonchev–Trinajstić information content (AvgIpc) is 3.10. The van der Waals surface area contributed by atoms with E-state index in [1.54, 1.807) is 0 Å². The van der Waals surface area contributed by atoms with Gasteiger partial charge in [0.2, 0.25) is 0 Å². The standard InChI is InChI=1S/C44H82O5/c1-3-5-7-9-11-13-15-17-19-20-21-22-23-24-25-27-29-31-33-35-37-39-44(47)49-42(40-45)41-48-43(46)38-36-34-32-30-28-26-18-16-14-12-10-8-6-4-2/h10,12,16,18,42,45H,3-9,11,13-15,17,19-41H2,1-2H3/b12-10+,18-16+/t42-/m0/s1. The van der Waals surface area contributed by atoms with Crippen molar-refractivity contribution in [1.29, 1.82) is 0 Å². The van der Waals surface area contributed by atoms with Crippen LogP contribution in [0.5, 0.6) is 0 Å². The molecule has 0 heterocycles. The second kappa shape index (κ2) is 40.8. The van der Waals surface area contributed by atoms with Crippen LogP contribution < -0.4 is 0 Å². The minimum Gasteiger partial charge on any atom is -0.462 e. The lowest BCUT2D eigenvalue weighted by atomic mass is 10.0. The van der Waals surface area contributed by atoms with Crippen molar-refractivity contribution < 1.29 is 24.2 Å². The number of hydrogen-bond donors (Lipinski definition) is 1. The number of allylic oxidation sites excluding steroid dienone is 4. The Labute approximate surface area is 304 Å². The molecule has 0 radical (unpaired) electrons. The van der Waals surface area contributed by atoms with E-state index in [0.29, 0.717) is 12.8 Å². The molecule has 5 nitrogen and oxygen atoms in total. The maximum Gasteiger partial charge on any atom is 0.306 e. The van der Waals surface area contributed by atoms with Gasteiger partial charge in [-0.3, -0.25) is 9.59 Å². The van der Waals surface area contributed by atoms with Gasteiger partial charge in [-0.1, -0.05) is 199 Å². The first-order valence-corrected chi connectivity index (χ1v) is 21.4. The minimum absolute atomic E-state index is 0.0689. The van der Waals surface area contributed by atoms with Crippen molar-refractivity contribution in [1.82, 2.24) is 0 Å². The number of aliphatic hydroxyl groups is 1. The van der Waals surface area contributed by atoms with Crippen LogP contribution in [0.4, 0.5) is 0 Å². The molecule has 0 fully saturated rings. The van der Waals surface area contributed by atoms with Crippen LogP contribution >= 0.6 is 0 Å². The molecule has 0 rings (SSSR count). The molecule has 288 valence electrons. The molecule has 0 aliphatic carbocycles. The molecule has 0 aromatic heterocycles. The van der Waals surface area contributed by atoms with Crippen molar-refractivity contribution in [3.63, 3.8) is 0 Å². The fourth-order valence-corrected chi connectivity index (χ4v) is 6.22. The molecule has 0 bridgehead atoms. The van der Waals surface area contributed by atoms with E-state index in [9.17, 15) is 14.7 Å². The van der Waals surface area contributed by atoms with Crippen LogP contribution in [0.3, 0.4) is 0 Å². The van der Waals surface area contributed by atoms with E-state index in [1.807, 2.05) is 0 Å². The Bertz CT molecular complexity index is 746. The molecule has 1 N–H and O–H groups in total. The SMILES string of the molecule is CCCC/C=C/C/C=C/CCCCCCCC(=O)OC[C@H](CO)OC(=O)CCCCCCCCCCCCCCCCCCCCCCC. The summed E-state index contributed by atoms with van der Waals surface area (Å²) < 4.78 is 10.6. The maximum atomic E-state index is 12.2. The van der Waals surface area contributed by atoms with E-state index in [1.165, 1.54) is 148 Å². The van der Waals surface area contributed by atoms with Gasteiger partial charge in [-0.15, -0.1) is 0 Å². The third-order valence-electron chi connectivity index (χ3n) is 9.50. The van der Waals surface area contributed by atoms with Crippen LogP contribution in [0.25, 0.3) is 0 Å². The quantitative estimate of drug-likeness (QED) is 0.0395. The van der Waals surface area contributed by atoms with Crippen LogP contribution in [0.1, 0.15) is 226 Å². The third kappa shape index (κ3) is 39.0. The smallest absolute Gasteiger partial charge is 0.306 e. The second-order valence-electron chi connectivity index (χ2n) is 14.4. The lowest BCUT2D eigenvalue weighted by Crippen LogP contribution is -2.28. The van der Waals surface area contributed by atoms with E-state index < -0.39 is 6.10 Å². The Morgan fingerprint density at radius 1 is 0.469 bits per heavy atom. The summed E-state index contributed by atoms with van der Waals surface area (Å²) in [6.45, 7) is 4.11. The second-order valence-corrected chi connectivity index (χ2v) is 14.4. The molecular formula is C44H82O5. The lowest BCUT2D eigenvalue weighted by Gasteiger charge is -2.15. The molecule has 1 atom stereocenters. The number of rotatable bonds is 39. The van der Waals surface area contributed by atoms with Gasteiger partial charge in [0.15, 0.2) is 6.10 Å². The highest BCUT2D eigenvalue weighted by Gasteiger charge is 2.16. The Kier molecular flexibility index (Phi) is 39.5. The van der Waals surface area contributed by atoms with Crippen molar-refractivity contribution >= 4 is 11.9 Å². The first-order chi connectivity index (χ1) is 24.1. The van der Waals surface area contributed by atoms with Crippen molar-refractivity contribution in [3.05, 3.63) is 24.3 Å². The Hall–Kier alpha value is -1.62. The number of aliphatic hydroxyl groups excluding tert-OH is 1. The normalized spacial score (nSPS) is 12.3. The number of esters is 2. The van der Waals surface area contributed by atoms with Gasteiger partial charge in [0, 0.05) is 12.8 Å². The van der Waals surface area contributed by atoms with Crippen LogP contribution in [-0.4, -0.2) is 36.4 Å². The molecule has 0 saturated heterocycles. The summed E-state index contributed by atoms with van der Waals surface area (Å²) in [6, 6.07) is 0. The van der Waals surface area contributed by atoms with Crippen LogP contribution in [0.15, 0.2) is 24.3 Å². The molecule has 0 aliphatic heterocycles. The minimum atomic E-state index is -0.772. The highest BCUT2D eigenvalue weighted by Crippen LogP contribution is 2.16. The van der Waals surface area contributed by atoms with Gasteiger partial charge in [-0.25, -0.2) is 0 Å². The van der Waals surface area contributed by atoms with E-state index in [2.05, 4.69) is 38.2 Å². The number of carbonyl (C=O) groups is 2. The molecule has 0 aromatic rings. The predicted molar refractivity (Wildman–Crippen MR) is 210 cm³/mol. The fourth-order valence-electron chi connectivity index (χ4n) is 6.22. The Balaban J connectivity index is 3.49. The van der Waals surface area contributed by atoms with Gasteiger partial charge in [0.05, 0.1) is 6.61 Å². The number of ether oxygens (including phenoxy) is 2. The van der Waals surface area contributed by atoms with Crippen molar-refractivity contribution in [2.45, 2.75) is 232 Å². The summed E-state index contributed by atoms with van der Waals surface area (Å²) in [5.74, 6) is -0.597. The molecule has 0 spiro atoms. The van der Waals surface area contributed by atoms with Gasteiger partial charge in [0.1, 0.15) is 6.61 Å². The largest absolute Gasteiger partial charge is 0.462 e. The average molecular weight is 691 g/mol. The van der Waals surface area contributed by atoms with Gasteiger partial charge in [0.25, 0.3) is 0 Å². The summed E-state index contributed by atoms with van der Waals surface area (Å²) in [7, 11) is 0. The highest BCUT2D eigenvalue weighted by atomic mass is 16.6. The molecule has 0 aliphatic rings. The molecule has 49 heavy (non-hydrogen) atoms. The summed E-state index contributed by atoms with van der Waals surface area (Å²) >= 11 is 0. The van der Waals surface area contributed by atoms with E-state index in [-0.39, 0.29) is 25.2 Å². The summed E-state index contributed by atoms with van der Waals surface area (Å²) in [6.07, 6.45) is 48.2. The summed E-state index contributed by atoms with van der Waals surface area (Å²) in [4.78, 5) is 24.3. The number of carbonyl (C=O) groups excluding carboxylic acids is 2. The molecule has 0 amide bonds. The Morgan fingerprint density at radius 3 is 1.27 bits per heavy atom. The molecule has 5 heteroatoms. The van der Waals surface area contributed by atoms with Gasteiger partial charge < -0.3 is 14.6 Å². The first kappa shape index (κ1) is 47.4. The Morgan fingerprint density at radius 2 is 0.837 bits per heavy atom. The fraction of sp³-hybridized carbons (Fsp3) is 0.864. The zero-order chi connectivity index (χ0) is 35.7. The van der Waals surface area contributed by atoms with Crippen LogP contribution in [0.2, 0.25) is 0 Å². The van der Waals surface area contributed by atoms with Crippen LogP contribution in [0, 0.1) is 0 Å². The van der Waals surface area contributed by atoms with E-state index >= 15 is 0 Å². The summed E-state index contributed by atoms with van der Waals surface area (Å²) in [5, 5.41) is 9.57. The van der Waals surface area contributed by atoms with Crippen molar-refractivity contribution in [3.8, 4) is 0 Å². The van der Waals surface area contributed by atoms with E-state index in [4.69, 9.17) is 9.47 Å². The topological polar surface area (TPSA) is 72.8 Å². The lowest BCUT2D eigenvalue weighted by molar-refractivity contribution is -0.161. The van der Waals surface area contributed by atoms with Gasteiger partial charge in [-0.2, -0.15) is 0 Å². The van der Waals surface area contributed by atoms with Crippen molar-refractivity contribution in [2.75, 3.05) is 13.2 Å². The van der Waals surface area contributed by atoms with Gasteiger partial charge in [-0.05, 0) is 38.5 Å². The third-order valence-corrected chi connectivity index (χ3v) is 9.50. The summed E-state index contributed by atoms with van der Waals surface area (Å²) in [5.41, 5.74) is 0. The molecule has 0 saturated carbocycles. The van der Waals surface area contributed by atoms with E-state index in [0.717, 1.165) is 51.4 Å².